The number of sulfonamides is 1. The van der Waals surface area contributed by atoms with Gasteiger partial charge in [0.2, 0.25) is 11.6 Å². The predicted molar refractivity (Wildman–Crippen MR) is 229 cm³/mol. The van der Waals surface area contributed by atoms with Crippen molar-refractivity contribution in [2.45, 2.75) is 37.4 Å². The van der Waals surface area contributed by atoms with Crippen LogP contribution in [0, 0.1) is 20.2 Å². The number of esters is 2. The van der Waals surface area contributed by atoms with Crippen LogP contribution in [0.1, 0.15) is 51.3 Å². The first kappa shape index (κ1) is 47.0. The van der Waals surface area contributed by atoms with Crippen LogP contribution in [0.3, 0.4) is 0 Å². The van der Waals surface area contributed by atoms with Gasteiger partial charge >= 0.3 is 11.9 Å². The van der Waals surface area contributed by atoms with Gasteiger partial charge < -0.3 is 33.4 Å². The third-order valence-corrected chi connectivity index (χ3v) is 10.6. The smallest absolute Gasteiger partial charge is 0.338 e. The van der Waals surface area contributed by atoms with Gasteiger partial charge in [-0.2, -0.15) is 4.98 Å². The van der Waals surface area contributed by atoms with Crippen molar-refractivity contribution in [1.82, 2.24) is 19.9 Å². The monoisotopic (exact) mass is 925 g/mol. The number of rotatable bonds is 22. The summed E-state index contributed by atoms with van der Waals surface area (Å²) in [5.41, 5.74) is 0.947. The summed E-state index contributed by atoms with van der Waals surface area (Å²) in [5.74, 6) is -2.20. The van der Waals surface area contributed by atoms with Crippen molar-refractivity contribution in [1.29, 1.82) is 0 Å². The van der Waals surface area contributed by atoms with Gasteiger partial charge in [0.05, 0.1) is 23.1 Å². The van der Waals surface area contributed by atoms with Crippen molar-refractivity contribution in [2.24, 2.45) is 0 Å². The highest BCUT2D eigenvalue weighted by Crippen LogP contribution is 2.41. The highest BCUT2D eigenvalue weighted by molar-refractivity contribution is 7.92. The summed E-state index contributed by atoms with van der Waals surface area (Å²) in [4.78, 5) is 72.7. The van der Waals surface area contributed by atoms with E-state index in [9.17, 15) is 38.2 Å². The topological polar surface area (TPSA) is 283 Å². The molecule has 23 heteroatoms. The van der Waals surface area contributed by atoms with Crippen LogP contribution >= 0.6 is 0 Å². The Bertz CT molecular complexity index is 2800. The van der Waals surface area contributed by atoms with E-state index in [1.165, 1.54) is 68.0 Å². The van der Waals surface area contributed by atoms with Crippen LogP contribution in [0.2, 0.25) is 0 Å². The molecule has 0 aliphatic carbocycles. The van der Waals surface area contributed by atoms with Gasteiger partial charge in [-0.1, -0.05) is 62.4 Å². The van der Waals surface area contributed by atoms with E-state index in [0.717, 1.165) is 0 Å². The van der Waals surface area contributed by atoms with Crippen LogP contribution in [0.4, 0.5) is 5.82 Å². The number of aromatic nitrogens is 4. The van der Waals surface area contributed by atoms with Crippen LogP contribution < -0.4 is 18.9 Å². The molecular weight excluding hydrogens is 887 g/mol. The van der Waals surface area contributed by atoms with E-state index in [2.05, 4.69) is 34.3 Å². The summed E-state index contributed by atoms with van der Waals surface area (Å²) in [5, 5.41) is 19.2. The van der Waals surface area contributed by atoms with Crippen LogP contribution in [-0.2, 0) is 47.8 Å². The summed E-state index contributed by atoms with van der Waals surface area (Å²) in [6.07, 6.45) is 2.85. The number of hydrogen-bond acceptors (Lipinski definition) is 19. The molecule has 4 aromatic carbocycles. The van der Waals surface area contributed by atoms with Crippen molar-refractivity contribution in [3.8, 4) is 34.8 Å². The van der Waals surface area contributed by atoms with Gasteiger partial charge in [0.15, 0.2) is 23.1 Å². The summed E-state index contributed by atoms with van der Waals surface area (Å²) in [6.45, 7) is 2.18. The second kappa shape index (κ2) is 21.3. The lowest BCUT2D eigenvalue weighted by Crippen LogP contribution is -2.26. The maximum absolute atomic E-state index is 14.2. The molecule has 22 nitrogen and oxygen atoms in total. The van der Waals surface area contributed by atoms with Crippen molar-refractivity contribution < 1.29 is 61.5 Å². The Morgan fingerprint density at radius 3 is 2.03 bits per heavy atom. The molecule has 0 unspecified atom stereocenters. The number of carbonyl (C=O) groups excluding carboxylic acids is 2. The van der Waals surface area contributed by atoms with E-state index in [0.29, 0.717) is 16.7 Å². The molecule has 2 aromatic heterocycles. The lowest BCUT2D eigenvalue weighted by Gasteiger charge is -2.25. The fourth-order valence-electron chi connectivity index (χ4n) is 5.84. The maximum atomic E-state index is 14.2. The molecule has 66 heavy (non-hydrogen) atoms. The van der Waals surface area contributed by atoms with Gasteiger partial charge in [0.1, 0.15) is 33.0 Å². The molecule has 1 N–H and O–H groups in total. The van der Waals surface area contributed by atoms with Gasteiger partial charge in [-0.15, -0.1) is 20.2 Å². The minimum absolute atomic E-state index is 0.00558. The number of nitrogens with one attached hydrogen (secondary N) is 1. The Balaban J connectivity index is 1.23. The zero-order chi connectivity index (χ0) is 47.3. The predicted octanol–water partition coefficient (Wildman–Crippen LogP) is 6.32. The molecule has 6 rings (SSSR count). The first-order chi connectivity index (χ1) is 31.6. The standard InChI is InChI=1S/C43H39N7O15S/c1-43(2,27-62-42(52)31-9-6-8-29(24-31)26-64-50(55)56)32-16-18-33(19-17-32)66(57,58)48-37-36(65-35-11-5-4-10-34(35)59-3)40(47-39(46-37)38-44-20-7-21-45-38)60-22-23-61-41(51)30-14-12-28(13-15-30)25-63-49(53)54/h4-21,24H,22-23,25-27H2,1-3H3,(H,46,47,48). The first-order valence-corrected chi connectivity index (χ1v) is 20.9. The average Bonchev–Trinajstić information content (AvgIpc) is 3.32. The highest BCUT2D eigenvalue weighted by atomic mass is 32.2. The molecule has 0 aliphatic heterocycles. The van der Waals surface area contributed by atoms with E-state index in [1.54, 1.807) is 68.4 Å². The molecule has 0 bridgehead atoms. The van der Waals surface area contributed by atoms with Crippen LogP contribution in [0.25, 0.3) is 11.6 Å². The average molecular weight is 926 g/mol. The highest BCUT2D eigenvalue weighted by Gasteiger charge is 2.28. The fraction of sp³-hybridized carbons (Fsp3) is 0.209. The Labute approximate surface area is 375 Å². The van der Waals surface area contributed by atoms with Crippen molar-refractivity contribution in [3.05, 3.63) is 164 Å². The Morgan fingerprint density at radius 2 is 1.36 bits per heavy atom. The first-order valence-electron chi connectivity index (χ1n) is 19.4. The van der Waals surface area contributed by atoms with E-state index in [1.807, 2.05) is 0 Å². The lowest BCUT2D eigenvalue weighted by molar-refractivity contribution is -0.763. The van der Waals surface area contributed by atoms with E-state index in [-0.39, 0.29) is 83.8 Å². The second-order valence-electron chi connectivity index (χ2n) is 14.3. The van der Waals surface area contributed by atoms with Gasteiger partial charge in [-0.25, -0.2) is 33.0 Å². The Morgan fingerprint density at radius 1 is 0.712 bits per heavy atom. The molecule has 0 radical (unpaired) electrons. The van der Waals surface area contributed by atoms with E-state index < -0.39 is 43.4 Å². The van der Waals surface area contributed by atoms with Crippen LogP contribution in [0.15, 0.2) is 120 Å². The number of hydrogen-bond donors (Lipinski definition) is 1. The van der Waals surface area contributed by atoms with Gasteiger partial charge in [0, 0.05) is 17.8 Å². The number of carbonyl (C=O) groups is 2. The number of benzene rings is 4. The number of methoxy groups -OCH3 is 1. The molecule has 0 aliphatic rings. The maximum Gasteiger partial charge on any atom is 0.338 e. The van der Waals surface area contributed by atoms with Gasteiger partial charge in [0.25, 0.3) is 26.1 Å². The Hall–Kier alpha value is -8.47. The summed E-state index contributed by atoms with van der Waals surface area (Å²) < 4.78 is 59.4. The molecule has 0 saturated heterocycles. The minimum Gasteiger partial charge on any atom is -0.493 e. The third-order valence-electron chi connectivity index (χ3n) is 9.20. The van der Waals surface area contributed by atoms with E-state index in [4.69, 9.17) is 23.7 Å². The van der Waals surface area contributed by atoms with Gasteiger partial charge in [-0.05, 0) is 71.3 Å². The molecule has 0 atom stereocenters. The van der Waals surface area contributed by atoms with Crippen molar-refractivity contribution in [3.63, 3.8) is 0 Å². The zero-order valence-corrected chi connectivity index (χ0v) is 36.0. The fourth-order valence-corrected chi connectivity index (χ4v) is 6.84. The molecule has 0 amide bonds. The quantitative estimate of drug-likeness (QED) is 0.0337. The van der Waals surface area contributed by atoms with Crippen molar-refractivity contribution >= 4 is 27.8 Å². The molecule has 0 spiro atoms. The SMILES string of the molecule is COc1ccccc1Oc1c(NS(=O)(=O)c2ccc(C(C)(C)COC(=O)c3cccc(CO[N+](=O)[O-])c3)cc2)nc(-c2ncccn2)nc1OCCOC(=O)c1ccc(CO[N+](=O)[O-])cc1. The molecule has 0 saturated carbocycles. The normalized spacial score (nSPS) is 11.1. The molecular formula is C43H39N7O15S. The number of nitrogens with zero attached hydrogens (tertiary/aromatic N) is 6. The van der Waals surface area contributed by atoms with E-state index >= 15 is 0 Å². The number of ether oxygens (including phenoxy) is 5. The summed E-state index contributed by atoms with van der Waals surface area (Å²) in [6, 6.07) is 25.6. The van der Waals surface area contributed by atoms with Gasteiger partial charge in [-0.3, -0.25) is 4.72 Å². The summed E-state index contributed by atoms with van der Waals surface area (Å²) >= 11 is 0. The Kier molecular flexibility index (Phi) is 15.2. The largest absolute Gasteiger partial charge is 0.493 e. The minimum atomic E-state index is -4.47. The van der Waals surface area contributed by atoms with Crippen LogP contribution in [-0.4, -0.2) is 77.4 Å². The number of para-hydroxylation sites is 2. The molecule has 0 fully saturated rings. The lowest BCUT2D eigenvalue weighted by atomic mass is 9.85. The molecule has 2 heterocycles. The van der Waals surface area contributed by atoms with Crippen LogP contribution in [0.5, 0.6) is 23.1 Å². The number of anilines is 1. The zero-order valence-electron chi connectivity index (χ0n) is 35.2. The molecule has 6 aromatic rings. The molecule has 342 valence electrons. The second-order valence-corrected chi connectivity index (χ2v) is 16.0. The summed E-state index contributed by atoms with van der Waals surface area (Å²) in [7, 11) is -3.06. The van der Waals surface area contributed by atoms with Crippen molar-refractivity contribution in [2.75, 3.05) is 31.7 Å². The third kappa shape index (κ3) is 12.6.